The zero-order chi connectivity index (χ0) is 27.5. The molecule has 14 heteroatoms. The maximum atomic E-state index is 12.0. The SMILES string of the molecule is CCOP(CC[C@H]1O[C@H](Sc2ccc([N+](=O)[O-])cc2)[C@@H](OC(C)=O)[C@@H](OC(C)=O)[C@@H]1OC(C)=O)OCC. The van der Waals surface area contributed by atoms with Crippen molar-refractivity contribution in [2.45, 2.75) is 75.8 Å². The summed E-state index contributed by atoms with van der Waals surface area (Å²) in [5, 5.41) is 11.0. The van der Waals surface area contributed by atoms with Crippen LogP contribution in [0.3, 0.4) is 0 Å². The van der Waals surface area contributed by atoms with Crippen molar-refractivity contribution in [1.82, 2.24) is 0 Å². The van der Waals surface area contributed by atoms with Crippen LogP contribution in [0.1, 0.15) is 41.0 Å². The Morgan fingerprint density at radius 3 is 1.92 bits per heavy atom. The van der Waals surface area contributed by atoms with Crippen LogP contribution >= 0.6 is 20.1 Å². The lowest BCUT2D eigenvalue weighted by molar-refractivity contribution is -0.384. The minimum absolute atomic E-state index is 0.0868. The van der Waals surface area contributed by atoms with E-state index in [0.29, 0.717) is 30.7 Å². The van der Waals surface area contributed by atoms with Crippen LogP contribution in [-0.2, 0) is 42.4 Å². The number of esters is 3. The number of hydrogen-bond donors (Lipinski definition) is 0. The fraction of sp³-hybridized carbons (Fsp3) is 0.609. The third-order valence-electron chi connectivity index (χ3n) is 4.94. The van der Waals surface area contributed by atoms with E-state index in [0.717, 1.165) is 11.8 Å². The summed E-state index contributed by atoms with van der Waals surface area (Å²) in [6, 6.07) is 5.75. The van der Waals surface area contributed by atoms with E-state index in [-0.39, 0.29) is 5.69 Å². The second-order valence-electron chi connectivity index (χ2n) is 7.81. The van der Waals surface area contributed by atoms with Crippen LogP contribution in [0, 0.1) is 10.1 Å². The van der Waals surface area contributed by atoms with Gasteiger partial charge in [-0.25, -0.2) is 0 Å². The van der Waals surface area contributed by atoms with Gasteiger partial charge in [-0.3, -0.25) is 24.5 Å². The molecule has 1 aromatic rings. The van der Waals surface area contributed by atoms with Gasteiger partial charge in [-0.2, -0.15) is 0 Å². The van der Waals surface area contributed by atoms with Gasteiger partial charge in [0.15, 0.2) is 26.7 Å². The second kappa shape index (κ2) is 15.2. The highest BCUT2D eigenvalue weighted by molar-refractivity contribution is 7.99. The molecular weight excluding hydrogens is 529 g/mol. The molecule has 1 aromatic carbocycles. The number of carbonyl (C=O) groups is 3. The number of rotatable bonds is 13. The fourth-order valence-electron chi connectivity index (χ4n) is 3.65. The number of ether oxygens (including phenoxy) is 4. The zero-order valence-electron chi connectivity index (χ0n) is 21.3. The number of non-ortho nitro benzene ring substituents is 1. The molecule has 1 aliphatic rings. The molecule has 0 spiro atoms. The van der Waals surface area contributed by atoms with Gasteiger partial charge in [-0.15, -0.1) is 0 Å². The van der Waals surface area contributed by atoms with Crippen LogP contribution in [0.15, 0.2) is 29.2 Å². The quantitative estimate of drug-likeness (QED) is 0.113. The average molecular weight is 562 g/mol. The normalized spacial score (nSPS) is 23.4. The maximum Gasteiger partial charge on any atom is 0.303 e. The van der Waals surface area contributed by atoms with Crippen LogP contribution in [-0.4, -0.2) is 72.1 Å². The summed E-state index contributed by atoms with van der Waals surface area (Å²) in [4.78, 5) is 47.1. The Hall–Kier alpha value is -2.31. The summed E-state index contributed by atoms with van der Waals surface area (Å²) in [6.07, 6.45) is -3.36. The molecule has 0 bridgehead atoms. The number of nitro benzene ring substituents is 1. The van der Waals surface area contributed by atoms with Gasteiger partial charge >= 0.3 is 17.9 Å². The van der Waals surface area contributed by atoms with Crippen molar-refractivity contribution in [3.8, 4) is 0 Å². The molecule has 2 rings (SSSR count). The Morgan fingerprint density at radius 2 is 1.43 bits per heavy atom. The fourth-order valence-corrected chi connectivity index (χ4v) is 6.13. The molecule has 1 aliphatic heterocycles. The first kappa shape index (κ1) is 30.9. The monoisotopic (exact) mass is 561 g/mol. The highest BCUT2D eigenvalue weighted by atomic mass is 32.2. The topological polar surface area (TPSA) is 150 Å². The van der Waals surface area contributed by atoms with Gasteiger partial charge in [0.05, 0.1) is 18.1 Å². The molecule has 206 valence electrons. The van der Waals surface area contributed by atoms with Crippen molar-refractivity contribution >= 4 is 43.7 Å². The predicted molar refractivity (Wildman–Crippen MR) is 134 cm³/mol. The van der Waals surface area contributed by atoms with Gasteiger partial charge in [-0.1, -0.05) is 11.8 Å². The van der Waals surface area contributed by atoms with Crippen molar-refractivity contribution in [2.75, 3.05) is 19.4 Å². The largest absolute Gasteiger partial charge is 0.456 e. The number of nitrogens with zero attached hydrogens (tertiary/aromatic N) is 1. The van der Waals surface area contributed by atoms with E-state index < -0.39 is 61.1 Å². The minimum atomic E-state index is -1.24. The van der Waals surface area contributed by atoms with Crippen LogP contribution in [0.25, 0.3) is 0 Å². The van der Waals surface area contributed by atoms with Crippen molar-refractivity contribution in [2.24, 2.45) is 0 Å². The Balaban J connectivity index is 2.42. The van der Waals surface area contributed by atoms with Gasteiger partial charge < -0.3 is 28.0 Å². The third-order valence-corrected chi connectivity index (χ3v) is 7.81. The van der Waals surface area contributed by atoms with E-state index in [4.69, 9.17) is 28.0 Å². The van der Waals surface area contributed by atoms with E-state index in [1.165, 1.54) is 45.0 Å². The molecule has 1 fully saturated rings. The highest BCUT2D eigenvalue weighted by Gasteiger charge is 2.52. The van der Waals surface area contributed by atoms with E-state index in [9.17, 15) is 24.5 Å². The third kappa shape index (κ3) is 9.82. The van der Waals surface area contributed by atoms with Gasteiger partial charge in [0.25, 0.3) is 5.69 Å². The maximum absolute atomic E-state index is 12.0. The Bertz CT molecular complexity index is 926. The van der Waals surface area contributed by atoms with Crippen molar-refractivity contribution in [3.63, 3.8) is 0 Å². The first-order valence-electron chi connectivity index (χ1n) is 11.7. The molecule has 5 atom stereocenters. The van der Waals surface area contributed by atoms with Gasteiger partial charge in [0.1, 0.15) is 11.5 Å². The molecule has 0 radical (unpaired) electrons. The Morgan fingerprint density at radius 1 is 0.919 bits per heavy atom. The van der Waals surface area contributed by atoms with Crippen LogP contribution in [0.5, 0.6) is 0 Å². The summed E-state index contributed by atoms with van der Waals surface area (Å²) in [7, 11) is -1.24. The molecule has 0 saturated carbocycles. The summed E-state index contributed by atoms with van der Waals surface area (Å²) < 4.78 is 34.2. The summed E-state index contributed by atoms with van der Waals surface area (Å²) in [5.74, 6) is -1.95. The molecule has 1 saturated heterocycles. The van der Waals surface area contributed by atoms with Crippen LogP contribution in [0.4, 0.5) is 5.69 Å². The molecule has 37 heavy (non-hydrogen) atoms. The smallest absolute Gasteiger partial charge is 0.303 e. The van der Waals surface area contributed by atoms with E-state index >= 15 is 0 Å². The minimum Gasteiger partial charge on any atom is -0.456 e. The summed E-state index contributed by atoms with van der Waals surface area (Å²) in [6.45, 7) is 8.22. The molecule has 0 unspecified atom stereocenters. The first-order chi connectivity index (χ1) is 17.5. The number of thioether (sulfide) groups is 1. The number of benzene rings is 1. The molecule has 0 aliphatic carbocycles. The molecule has 12 nitrogen and oxygen atoms in total. The van der Waals surface area contributed by atoms with Crippen molar-refractivity contribution < 1.29 is 47.3 Å². The molecule has 0 aromatic heterocycles. The van der Waals surface area contributed by atoms with Gasteiger partial charge in [0, 0.05) is 44.0 Å². The molecule has 0 N–H and O–H groups in total. The standard InChI is InChI=1S/C23H32NO11PS/c1-6-30-36(31-7-2)13-12-19-20(32-14(3)25)21(33-15(4)26)22(34-16(5)27)23(35-19)37-18-10-8-17(9-11-18)24(28)29/h8-11,19-23H,6-7,12-13H2,1-5H3/t19-,20-,21+,22+,23-/m1/s1. The summed E-state index contributed by atoms with van der Waals surface area (Å²) >= 11 is 1.13. The van der Waals surface area contributed by atoms with Crippen molar-refractivity contribution in [3.05, 3.63) is 34.4 Å². The second-order valence-corrected chi connectivity index (χ2v) is 10.6. The molecule has 0 amide bonds. The van der Waals surface area contributed by atoms with E-state index in [2.05, 4.69) is 0 Å². The lowest BCUT2D eigenvalue weighted by atomic mass is 9.97. The first-order valence-corrected chi connectivity index (χ1v) is 13.9. The Kier molecular flexibility index (Phi) is 12.7. The van der Waals surface area contributed by atoms with Crippen LogP contribution < -0.4 is 0 Å². The molecular formula is C23H32NO11PS. The van der Waals surface area contributed by atoms with Crippen LogP contribution in [0.2, 0.25) is 0 Å². The zero-order valence-corrected chi connectivity index (χ0v) is 23.0. The van der Waals surface area contributed by atoms with E-state index in [1.807, 2.05) is 13.8 Å². The predicted octanol–water partition coefficient (Wildman–Crippen LogP) is 3.98. The van der Waals surface area contributed by atoms with Gasteiger partial charge in [-0.05, 0) is 32.4 Å². The summed E-state index contributed by atoms with van der Waals surface area (Å²) in [5.41, 5.74) is -0.979. The number of carbonyl (C=O) groups excluding carboxylic acids is 3. The average Bonchev–Trinajstić information content (AvgIpc) is 2.81. The van der Waals surface area contributed by atoms with Gasteiger partial charge in [0.2, 0.25) is 0 Å². The van der Waals surface area contributed by atoms with Crippen molar-refractivity contribution in [1.29, 1.82) is 0 Å². The van der Waals surface area contributed by atoms with E-state index in [1.54, 1.807) is 0 Å². The highest BCUT2D eigenvalue weighted by Crippen LogP contribution is 2.43. The molecule has 1 heterocycles. The Labute approximate surface area is 220 Å². The number of nitro groups is 1. The lowest BCUT2D eigenvalue weighted by Crippen LogP contribution is -2.60. The number of hydrogen-bond acceptors (Lipinski definition) is 12. The lowest BCUT2D eigenvalue weighted by Gasteiger charge is -2.44.